The van der Waals surface area contributed by atoms with Gasteiger partial charge in [-0.05, 0) is 25.3 Å². The van der Waals surface area contributed by atoms with Gasteiger partial charge in [-0.2, -0.15) is 5.10 Å². The number of Topliss-reactive ketones (excluding diaryl/α,β-unsaturated/α-hetero) is 1. The number of nitrogens with zero attached hydrogens (tertiary/aromatic N) is 3. The van der Waals surface area contributed by atoms with Crippen molar-refractivity contribution in [3.05, 3.63) is 18.5 Å². The average molecular weight is 291 g/mol. The molecule has 2 heterocycles. The van der Waals surface area contributed by atoms with Crippen LogP contribution in [-0.2, 0) is 9.59 Å². The smallest absolute Gasteiger partial charge is 0.291 e. The molecule has 0 aromatic carbocycles. The van der Waals surface area contributed by atoms with E-state index in [-0.39, 0.29) is 5.91 Å². The van der Waals surface area contributed by atoms with Gasteiger partial charge in [-0.1, -0.05) is 20.8 Å². The third-order valence-corrected chi connectivity index (χ3v) is 4.22. The molecule has 0 aliphatic carbocycles. The van der Waals surface area contributed by atoms with Crippen LogP contribution in [0, 0.1) is 5.41 Å². The molecule has 114 valence electrons. The summed E-state index contributed by atoms with van der Waals surface area (Å²) in [4.78, 5) is 38.5. The fourth-order valence-electron chi connectivity index (χ4n) is 2.40. The highest BCUT2D eigenvalue weighted by Gasteiger charge is 2.41. The fraction of sp³-hybridized carbons (Fsp3) is 0.600. The van der Waals surface area contributed by atoms with Gasteiger partial charge < -0.3 is 4.90 Å². The summed E-state index contributed by atoms with van der Waals surface area (Å²) in [6.45, 7) is 5.84. The maximum atomic E-state index is 12.4. The first-order valence-corrected chi connectivity index (χ1v) is 7.27. The van der Waals surface area contributed by atoms with Crippen molar-refractivity contribution in [2.24, 2.45) is 5.41 Å². The number of carbonyl (C=O) groups excluding carboxylic acids is 3. The Labute approximate surface area is 124 Å². The molecule has 1 aliphatic rings. The third kappa shape index (κ3) is 2.89. The Morgan fingerprint density at radius 1 is 1.33 bits per heavy atom. The SMILES string of the molecule is CCC(C)(C)C(=O)C(=O)N1CCC[C@H]1C(=O)n1cccn1. The highest BCUT2D eigenvalue weighted by molar-refractivity contribution is 6.38. The predicted molar refractivity (Wildman–Crippen MR) is 76.7 cm³/mol. The van der Waals surface area contributed by atoms with Crippen molar-refractivity contribution in [2.75, 3.05) is 6.54 Å². The standard InChI is InChI=1S/C15H21N3O3/c1-4-15(2,3)12(19)14(21)17-9-5-7-11(17)13(20)18-10-6-8-16-18/h6,8,10-11H,4-5,7,9H2,1-3H3/t11-/m0/s1. The van der Waals surface area contributed by atoms with E-state index in [0.29, 0.717) is 19.4 Å². The first-order chi connectivity index (χ1) is 9.88. The summed E-state index contributed by atoms with van der Waals surface area (Å²) in [5, 5.41) is 3.91. The van der Waals surface area contributed by atoms with Crippen LogP contribution >= 0.6 is 0 Å². The monoisotopic (exact) mass is 291 g/mol. The summed E-state index contributed by atoms with van der Waals surface area (Å²) in [5.74, 6) is -1.23. The van der Waals surface area contributed by atoms with Crippen LogP contribution in [0.2, 0.25) is 0 Å². The Kier molecular flexibility index (Phi) is 4.25. The highest BCUT2D eigenvalue weighted by atomic mass is 16.2. The van der Waals surface area contributed by atoms with Gasteiger partial charge in [0, 0.05) is 24.4 Å². The van der Waals surface area contributed by atoms with E-state index in [4.69, 9.17) is 0 Å². The topological polar surface area (TPSA) is 72.3 Å². The van der Waals surface area contributed by atoms with E-state index in [2.05, 4.69) is 5.10 Å². The molecule has 1 aliphatic heterocycles. The number of likely N-dealkylation sites (tertiary alicyclic amines) is 1. The lowest BCUT2D eigenvalue weighted by Gasteiger charge is -2.27. The molecule has 0 spiro atoms. The zero-order valence-electron chi connectivity index (χ0n) is 12.7. The normalized spacial score (nSPS) is 18.8. The number of amides is 1. The molecule has 0 saturated carbocycles. The number of carbonyl (C=O) groups is 3. The molecule has 0 radical (unpaired) electrons. The van der Waals surface area contributed by atoms with Gasteiger partial charge in [-0.25, -0.2) is 4.68 Å². The minimum atomic E-state index is -0.695. The predicted octanol–water partition coefficient (Wildman–Crippen LogP) is 1.52. The molecule has 0 N–H and O–H groups in total. The Bertz CT molecular complexity index is 549. The molecule has 0 unspecified atom stereocenters. The van der Waals surface area contributed by atoms with Gasteiger partial charge in [0.25, 0.3) is 11.8 Å². The first kappa shape index (κ1) is 15.4. The van der Waals surface area contributed by atoms with Gasteiger partial charge in [0.2, 0.25) is 5.78 Å². The molecule has 1 saturated heterocycles. The maximum Gasteiger partial charge on any atom is 0.291 e. The molecule has 1 aromatic heterocycles. The first-order valence-electron chi connectivity index (χ1n) is 7.27. The molecule has 21 heavy (non-hydrogen) atoms. The Morgan fingerprint density at radius 2 is 2.05 bits per heavy atom. The zero-order valence-corrected chi connectivity index (χ0v) is 12.7. The number of hydrogen-bond donors (Lipinski definition) is 0. The quantitative estimate of drug-likeness (QED) is 0.788. The van der Waals surface area contributed by atoms with E-state index >= 15 is 0 Å². The Hall–Kier alpha value is -1.98. The van der Waals surface area contributed by atoms with Crippen molar-refractivity contribution >= 4 is 17.6 Å². The van der Waals surface area contributed by atoms with Crippen molar-refractivity contribution in [1.82, 2.24) is 14.7 Å². The Balaban J connectivity index is 2.17. The van der Waals surface area contributed by atoms with E-state index in [0.717, 1.165) is 6.42 Å². The van der Waals surface area contributed by atoms with E-state index in [1.54, 1.807) is 26.1 Å². The van der Waals surface area contributed by atoms with Crippen molar-refractivity contribution < 1.29 is 14.4 Å². The summed E-state index contributed by atoms with van der Waals surface area (Å²) >= 11 is 0. The van der Waals surface area contributed by atoms with Crippen molar-refractivity contribution in [2.45, 2.75) is 46.1 Å². The molecule has 1 aromatic rings. The number of aromatic nitrogens is 2. The second-order valence-corrected chi connectivity index (χ2v) is 6.01. The van der Waals surface area contributed by atoms with Crippen molar-refractivity contribution in [3.8, 4) is 0 Å². The lowest BCUT2D eigenvalue weighted by atomic mass is 9.84. The van der Waals surface area contributed by atoms with Gasteiger partial charge in [-0.15, -0.1) is 0 Å². The van der Waals surface area contributed by atoms with Crippen LogP contribution in [0.1, 0.15) is 44.8 Å². The van der Waals surface area contributed by atoms with Crippen LogP contribution in [0.25, 0.3) is 0 Å². The van der Waals surface area contributed by atoms with Gasteiger partial charge in [-0.3, -0.25) is 14.4 Å². The maximum absolute atomic E-state index is 12.4. The second kappa shape index (κ2) is 5.79. The molecular weight excluding hydrogens is 270 g/mol. The molecule has 1 amide bonds. The minimum Gasteiger partial charge on any atom is -0.324 e. The third-order valence-electron chi connectivity index (χ3n) is 4.22. The summed E-state index contributed by atoms with van der Waals surface area (Å²) in [6, 6.07) is 1.07. The van der Waals surface area contributed by atoms with E-state index < -0.39 is 23.1 Å². The number of rotatable bonds is 4. The summed E-state index contributed by atoms with van der Waals surface area (Å²) in [7, 11) is 0. The van der Waals surface area contributed by atoms with E-state index in [1.165, 1.54) is 15.8 Å². The van der Waals surface area contributed by atoms with Crippen LogP contribution in [-0.4, -0.2) is 44.9 Å². The van der Waals surface area contributed by atoms with Crippen LogP contribution < -0.4 is 0 Å². The average Bonchev–Trinajstić information content (AvgIpc) is 3.15. The molecule has 6 heteroatoms. The lowest BCUT2D eigenvalue weighted by molar-refractivity contribution is -0.149. The number of ketones is 1. The van der Waals surface area contributed by atoms with Crippen LogP contribution in [0.15, 0.2) is 18.5 Å². The summed E-state index contributed by atoms with van der Waals surface area (Å²) in [5.41, 5.74) is -0.695. The van der Waals surface area contributed by atoms with Crippen molar-refractivity contribution in [3.63, 3.8) is 0 Å². The molecule has 6 nitrogen and oxygen atoms in total. The van der Waals surface area contributed by atoms with E-state index in [1.807, 2.05) is 6.92 Å². The van der Waals surface area contributed by atoms with Crippen molar-refractivity contribution in [1.29, 1.82) is 0 Å². The molecule has 2 rings (SSSR count). The van der Waals surface area contributed by atoms with Crippen LogP contribution in [0.4, 0.5) is 0 Å². The molecule has 1 fully saturated rings. The molecule has 0 bridgehead atoms. The number of hydrogen-bond acceptors (Lipinski definition) is 4. The van der Waals surface area contributed by atoms with E-state index in [9.17, 15) is 14.4 Å². The highest BCUT2D eigenvalue weighted by Crippen LogP contribution is 2.25. The summed E-state index contributed by atoms with van der Waals surface area (Å²) < 4.78 is 1.23. The van der Waals surface area contributed by atoms with Gasteiger partial charge in [0.1, 0.15) is 6.04 Å². The fourth-order valence-corrected chi connectivity index (χ4v) is 2.40. The largest absolute Gasteiger partial charge is 0.324 e. The van der Waals surface area contributed by atoms with Gasteiger partial charge in [0.15, 0.2) is 0 Å². The lowest BCUT2D eigenvalue weighted by Crippen LogP contribution is -2.48. The molecular formula is C15H21N3O3. The summed E-state index contributed by atoms with van der Waals surface area (Å²) in [6.07, 6.45) is 4.96. The minimum absolute atomic E-state index is 0.257. The van der Waals surface area contributed by atoms with Crippen LogP contribution in [0.3, 0.4) is 0 Å². The van der Waals surface area contributed by atoms with Gasteiger partial charge >= 0.3 is 0 Å². The second-order valence-electron chi connectivity index (χ2n) is 6.01. The van der Waals surface area contributed by atoms with Gasteiger partial charge in [0.05, 0.1) is 0 Å². The zero-order chi connectivity index (χ0) is 15.6. The Morgan fingerprint density at radius 3 is 2.62 bits per heavy atom. The molecule has 1 atom stereocenters. The van der Waals surface area contributed by atoms with Crippen LogP contribution in [0.5, 0.6) is 0 Å².